The highest BCUT2D eigenvalue weighted by atomic mass is 35.5. The van der Waals surface area contributed by atoms with Crippen LogP contribution in [-0.2, 0) is 11.3 Å². The van der Waals surface area contributed by atoms with Gasteiger partial charge in [0.05, 0.1) is 18.3 Å². The van der Waals surface area contributed by atoms with Crippen LogP contribution in [0.4, 0.5) is 17.5 Å². The van der Waals surface area contributed by atoms with Crippen molar-refractivity contribution in [1.29, 1.82) is 0 Å². The zero-order valence-electron chi connectivity index (χ0n) is 19.6. The van der Waals surface area contributed by atoms with E-state index in [1.165, 1.54) is 13.5 Å². The number of aromatic nitrogens is 3. The second kappa shape index (κ2) is 9.61. The molecule has 1 atom stereocenters. The van der Waals surface area contributed by atoms with Crippen LogP contribution in [0.5, 0.6) is 11.5 Å². The minimum atomic E-state index is -0.320. The van der Waals surface area contributed by atoms with Gasteiger partial charge in [-0.15, -0.1) is 0 Å². The Labute approximate surface area is 207 Å². The lowest BCUT2D eigenvalue weighted by atomic mass is 10.0. The Morgan fingerprint density at radius 2 is 2.17 bits per heavy atom. The van der Waals surface area contributed by atoms with Gasteiger partial charge in [-0.05, 0) is 30.9 Å². The maximum absolute atomic E-state index is 12.9. The van der Waals surface area contributed by atoms with Gasteiger partial charge in [-0.1, -0.05) is 18.5 Å². The Balaban J connectivity index is 1.50. The monoisotopic (exact) mass is 498 g/mol. The van der Waals surface area contributed by atoms with E-state index >= 15 is 0 Å². The first-order valence-electron chi connectivity index (χ1n) is 11.6. The van der Waals surface area contributed by atoms with Gasteiger partial charge in [0.15, 0.2) is 18.2 Å². The van der Waals surface area contributed by atoms with Crippen molar-refractivity contribution in [1.82, 2.24) is 19.9 Å². The van der Waals surface area contributed by atoms with Crippen molar-refractivity contribution < 1.29 is 14.3 Å². The van der Waals surface area contributed by atoms with Crippen LogP contribution in [0.25, 0.3) is 10.9 Å². The van der Waals surface area contributed by atoms with E-state index in [-0.39, 0.29) is 23.8 Å². The van der Waals surface area contributed by atoms with Gasteiger partial charge in [0, 0.05) is 37.3 Å². The maximum Gasteiger partial charge on any atom is 0.293 e. The molecule has 10 nitrogen and oxygen atoms in total. The Kier molecular flexibility index (Phi) is 6.38. The number of halogens is 1. The minimum Gasteiger partial charge on any atom is -0.489 e. The van der Waals surface area contributed by atoms with Crippen LogP contribution >= 0.6 is 11.6 Å². The predicted octanol–water partition coefficient (Wildman–Crippen LogP) is 2.94. The van der Waals surface area contributed by atoms with Crippen LogP contribution in [0.1, 0.15) is 19.8 Å². The second-order valence-corrected chi connectivity index (χ2v) is 9.28. The summed E-state index contributed by atoms with van der Waals surface area (Å²) in [6.45, 7) is 4.54. The second-order valence-electron chi connectivity index (χ2n) is 8.87. The molecule has 3 aromatic rings. The fourth-order valence-electron chi connectivity index (χ4n) is 4.53. The molecule has 4 heterocycles. The van der Waals surface area contributed by atoms with Crippen molar-refractivity contribution in [3.8, 4) is 11.5 Å². The average Bonchev–Trinajstić information content (AvgIpc) is 2.86. The molecule has 1 saturated heterocycles. The Morgan fingerprint density at radius 1 is 1.31 bits per heavy atom. The zero-order chi connectivity index (χ0) is 24.5. The van der Waals surface area contributed by atoms with Crippen LogP contribution in [0, 0.1) is 5.92 Å². The molecule has 35 heavy (non-hydrogen) atoms. The van der Waals surface area contributed by atoms with Gasteiger partial charge in [0.25, 0.3) is 11.5 Å². The number of carbonyl (C=O) groups excluding carboxylic acids is 1. The molecule has 2 N–H and O–H groups in total. The Bertz CT molecular complexity index is 1340. The Hall–Kier alpha value is -3.53. The van der Waals surface area contributed by atoms with Gasteiger partial charge in [-0.25, -0.2) is 4.98 Å². The van der Waals surface area contributed by atoms with E-state index in [9.17, 15) is 9.59 Å². The molecule has 1 aromatic carbocycles. The van der Waals surface area contributed by atoms with Crippen molar-refractivity contribution in [2.75, 3.05) is 43.6 Å². The van der Waals surface area contributed by atoms with Gasteiger partial charge in [-0.3, -0.25) is 14.2 Å². The number of carbonyl (C=O) groups is 1. The van der Waals surface area contributed by atoms with Crippen molar-refractivity contribution in [3.63, 3.8) is 0 Å². The molecule has 0 radical (unpaired) electrons. The van der Waals surface area contributed by atoms with E-state index in [2.05, 4.69) is 32.4 Å². The number of anilines is 3. The van der Waals surface area contributed by atoms with Crippen LogP contribution in [0.2, 0.25) is 5.02 Å². The third kappa shape index (κ3) is 4.70. The summed E-state index contributed by atoms with van der Waals surface area (Å²) in [7, 11) is 1.51. The quantitative estimate of drug-likeness (QED) is 0.533. The van der Waals surface area contributed by atoms with E-state index in [1.54, 1.807) is 16.8 Å². The van der Waals surface area contributed by atoms with Crippen LogP contribution in [-0.4, -0.2) is 53.8 Å². The molecule has 0 aliphatic carbocycles. The molecule has 184 valence electrons. The largest absolute Gasteiger partial charge is 0.489 e. The molecule has 0 bridgehead atoms. The van der Waals surface area contributed by atoms with E-state index in [4.69, 9.17) is 21.1 Å². The van der Waals surface area contributed by atoms with Crippen molar-refractivity contribution in [3.05, 3.63) is 39.8 Å². The number of likely N-dealkylation sites (N-methyl/N-ethyl adjacent to an activating group) is 1. The SMILES string of the molecule is CNC(=O)COc1cc2cc(Nc3nc(N4CCC[C@@H](C)C4)ncc3Cl)cc3c2n(c1=O)CCO3. The third-order valence-electron chi connectivity index (χ3n) is 6.26. The average molecular weight is 499 g/mol. The Morgan fingerprint density at radius 3 is 2.97 bits per heavy atom. The van der Waals surface area contributed by atoms with Gasteiger partial charge in [0.1, 0.15) is 17.4 Å². The highest BCUT2D eigenvalue weighted by molar-refractivity contribution is 6.32. The van der Waals surface area contributed by atoms with E-state index in [0.29, 0.717) is 52.8 Å². The normalized spacial score (nSPS) is 17.1. The van der Waals surface area contributed by atoms with Crippen LogP contribution in [0.3, 0.4) is 0 Å². The van der Waals surface area contributed by atoms with Crippen LogP contribution in [0.15, 0.2) is 29.2 Å². The number of pyridine rings is 1. The summed E-state index contributed by atoms with van der Waals surface area (Å²) in [6, 6.07) is 5.32. The highest BCUT2D eigenvalue weighted by Gasteiger charge is 2.22. The predicted molar refractivity (Wildman–Crippen MR) is 134 cm³/mol. The number of piperidine rings is 1. The molecule has 0 unspecified atom stereocenters. The van der Waals surface area contributed by atoms with Gasteiger partial charge in [0.2, 0.25) is 5.95 Å². The first-order valence-corrected chi connectivity index (χ1v) is 12.0. The molecule has 0 saturated carbocycles. The molecule has 0 spiro atoms. The topological polar surface area (TPSA) is 111 Å². The summed E-state index contributed by atoms with van der Waals surface area (Å²) in [5.74, 6) is 2.07. The molecular weight excluding hydrogens is 472 g/mol. The highest BCUT2D eigenvalue weighted by Crippen LogP contribution is 2.35. The zero-order valence-corrected chi connectivity index (χ0v) is 20.4. The maximum atomic E-state index is 12.9. The molecule has 1 fully saturated rings. The molecule has 1 amide bonds. The van der Waals surface area contributed by atoms with E-state index in [1.807, 2.05) is 12.1 Å². The first kappa shape index (κ1) is 23.2. The first-order chi connectivity index (χ1) is 16.9. The van der Waals surface area contributed by atoms with Crippen molar-refractivity contribution in [2.24, 2.45) is 5.92 Å². The summed E-state index contributed by atoms with van der Waals surface area (Å²) in [5, 5.41) is 6.89. The van der Waals surface area contributed by atoms with Crippen LogP contribution < -0.4 is 30.6 Å². The molecule has 5 rings (SSSR count). The molecule has 2 aromatic heterocycles. The lowest BCUT2D eigenvalue weighted by Crippen LogP contribution is -2.35. The number of nitrogens with zero attached hydrogens (tertiary/aromatic N) is 4. The number of rotatable bonds is 6. The fourth-order valence-corrected chi connectivity index (χ4v) is 4.67. The summed E-state index contributed by atoms with van der Waals surface area (Å²) in [4.78, 5) is 35.9. The number of benzene rings is 1. The number of amides is 1. The number of ether oxygens (including phenoxy) is 2. The summed E-state index contributed by atoms with van der Waals surface area (Å²) in [6.07, 6.45) is 3.91. The molecule has 2 aliphatic rings. The molecule has 11 heteroatoms. The smallest absolute Gasteiger partial charge is 0.293 e. The van der Waals surface area contributed by atoms with Crippen molar-refractivity contribution in [2.45, 2.75) is 26.3 Å². The van der Waals surface area contributed by atoms with Gasteiger partial charge < -0.3 is 25.0 Å². The number of hydrogen-bond acceptors (Lipinski definition) is 8. The lowest BCUT2D eigenvalue weighted by Gasteiger charge is -2.31. The number of hydrogen-bond donors (Lipinski definition) is 2. The number of nitrogens with one attached hydrogen (secondary N) is 2. The van der Waals surface area contributed by atoms with Gasteiger partial charge >= 0.3 is 0 Å². The lowest BCUT2D eigenvalue weighted by molar-refractivity contribution is -0.122. The summed E-state index contributed by atoms with van der Waals surface area (Å²) >= 11 is 6.43. The molecule has 2 aliphatic heterocycles. The van der Waals surface area contributed by atoms with E-state index in [0.717, 1.165) is 24.9 Å². The van der Waals surface area contributed by atoms with E-state index < -0.39 is 0 Å². The standard InChI is InChI=1S/C24H27ClN6O4/c1-14-4-3-5-30(12-14)24-27-11-17(25)22(29-24)28-16-8-15-9-19(35-13-20(32)26-2)23(33)31-6-7-34-18(10-16)21(15)31/h8-11,14H,3-7,12-13H2,1-2H3,(H,26,32)(H,27,28,29)/t14-/m1/s1. The molecular formula is C24H27ClN6O4. The minimum absolute atomic E-state index is 0.104. The fraction of sp³-hybridized carbons (Fsp3) is 0.417. The third-order valence-corrected chi connectivity index (χ3v) is 6.54. The summed E-state index contributed by atoms with van der Waals surface area (Å²) in [5.41, 5.74) is 1.07. The summed E-state index contributed by atoms with van der Waals surface area (Å²) < 4.78 is 13.0. The van der Waals surface area contributed by atoms with Crippen molar-refractivity contribution >= 4 is 45.9 Å². The van der Waals surface area contributed by atoms with Gasteiger partial charge in [-0.2, -0.15) is 4.98 Å².